The molecular formula is C15H21ClN2. The molecule has 0 fully saturated rings. The van der Waals surface area contributed by atoms with Gasteiger partial charge in [0.25, 0.3) is 0 Å². The van der Waals surface area contributed by atoms with E-state index in [0.717, 1.165) is 17.1 Å². The molecule has 2 rings (SSSR count). The van der Waals surface area contributed by atoms with Gasteiger partial charge in [0, 0.05) is 28.1 Å². The van der Waals surface area contributed by atoms with E-state index in [0.29, 0.717) is 0 Å². The first-order valence-electron chi connectivity index (χ1n) is 6.31. The molecule has 18 heavy (non-hydrogen) atoms. The second-order valence-corrected chi connectivity index (χ2v) is 6.04. The monoisotopic (exact) mass is 264 g/mol. The van der Waals surface area contributed by atoms with Crippen LogP contribution in [-0.2, 0) is 5.41 Å². The predicted octanol–water partition coefficient (Wildman–Crippen LogP) is 3.94. The maximum atomic E-state index is 6.19. The van der Waals surface area contributed by atoms with Gasteiger partial charge in [-0.1, -0.05) is 31.5 Å². The van der Waals surface area contributed by atoms with Crippen molar-refractivity contribution in [3.63, 3.8) is 0 Å². The van der Waals surface area contributed by atoms with E-state index in [9.17, 15) is 0 Å². The van der Waals surface area contributed by atoms with Crippen molar-refractivity contribution in [2.75, 3.05) is 13.6 Å². The molecule has 0 spiro atoms. The summed E-state index contributed by atoms with van der Waals surface area (Å²) in [6, 6.07) is 4.12. The second kappa shape index (κ2) is 4.60. The first-order valence-corrected chi connectivity index (χ1v) is 6.68. The summed E-state index contributed by atoms with van der Waals surface area (Å²) in [6.45, 7) is 9.68. The maximum absolute atomic E-state index is 6.19. The number of fused-ring (bicyclic) bond motifs is 1. The Morgan fingerprint density at radius 3 is 2.56 bits per heavy atom. The van der Waals surface area contributed by atoms with Gasteiger partial charge >= 0.3 is 0 Å². The van der Waals surface area contributed by atoms with Crippen molar-refractivity contribution < 1.29 is 0 Å². The van der Waals surface area contributed by atoms with Gasteiger partial charge < -0.3 is 10.3 Å². The Morgan fingerprint density at radius 1 is 1.28 bits per heavy atom. The highest BCUT2D eigenvalue weighted by atomic mass is 35.5. The van der Waals surface area contributed by atoms with E-state index in [-0.39, 0.29) is 5.41 Å². The van der Waals surface area contributed by atoms with Crippen LogP contribution in [0.5, 0.6) is 0 Å². The quantitative estimate of drug-likeness (QED) is 0.864. The van der Waals surface area contributed by atoms with Crippen LogP contribution >= 0.6 is 11.6 Å². The summed E-state index contributed by atoms with van der Waals surface area (Å²) in [6.07, 6.45) is 0. The summed E-state index contributed by atoms with van der Waals surface area (Å²) in [5, 5.41) is 5.38. The Morgan fingerprint density at radius 2 is 1.94 bits per heavy atom. The first kappa shape index (κ1) is 13.4. The van der Waals surface area contributed by atoms with E-state index in [1.807, 2.05) is 13.1 Å². The molecule has 1 aromatic heterocycles. The van der Waals surface area contributed by atoms with Crippen LogP contribution in [0.3, 0.4) is 0 Å². The highest BCUT2D eigenvalue weighted by molar-refractivity contribution is 6.32. The van der Waals surface area contributed by atoms with Gasteiger partial charge in [-0.05, 0) is 38.1 Å². The molecule has 0 unspecified atom stereocenters. The number of aromatic nitrogens is 1. The molecule has 0 aliphatic carbocycles. The summed E-state index contributed by atoms with van der Waals surface area (Å²) in [7, 11) is 1.99. The van der Waals surface area contributed by atoms with Gasteiger partial charge in [0.05, 0.1) is 5.52 Å². The Bertz CT molecular complexity index is 582. The number of halogens is 1. The third kappa shape index (κ3) is 2.04. The molecule has 2 N–H and O–H groups in total. The van der Waals surface area contributed by atoms with E-state index in [1.165, 1.54) is 22.2 Å². The molecule has 1 heterocycles. The van der Waals surface area contributed by atoms with Gasteiger partial charge in [0.1, 0.15) is 0 Å². The fourth-order valence-corrected chi connectivity index (χ4v) is 3.07. The number of likely N-dealkylation sites (N-methyl/N-ethyl adjacent to an activating group) is 1. The summed E-state index contributed by atoms with van der Waals surface area (Å²) in [5.74, 6) is 0. The topological polar surface area (TPSA) is 27.8 Å². The maximum Gasteiger partial charge on any atom is 0.0503 e. The van der Waals surface area contributed by atoms with Gasteiger partial charge in [-0.25, -0.2) is 0 Å². The molecule has 0 saturated carbocycles. The second-order valence-electron chi connectivity index (χ2n) is 5.63. The number of benzene rings is 1. The Labute approximate surface area is 114 Å². The minimum absolute atomic E-state index is 0.0946. The molecule has 98 valence electrons. The third-order valence-corrected chi connectivity index (χ3v) is 4.06. The highest BCUT2D eigenvalue weighted by Gasteiger charge is 2.26. The molecule has 0 atom stereocenters. The van der Waals surface area contributed by atoms with E-state index in [2.05, 4.69) is 44.1 Å². The zero-order valence-electron chi connectivity index (χ0n) is 11.7. The zero-order valence-corrected chi connectivity index (χ0v) is 12.5. The molecule has 2 nitrogen and oxygen atoms in total. The standard InChI is InChI=1S/C15H21ClN2/c1-9-12(16)7-6-11-13(10(2)18-14(9)11)15(3,4)8-17-5/h6-7,17-18H,8H2,1-5H3. The van der Waals surface area contributed by atoms with Crippen LogP contribution in [0.4, 0.5) is 0 Å². The molecule has 2 aromatic rings. The number of H-pyrrole nitrogens is 1. The molecule has 1 aromatic carbocycles. The van der Waals surface area contributed by atoms with Crippen LogP contribution in [-0.4, -0.2) is 18.6 Å². The largest absolute Gasteiger partial charge is 0.358 e. The molecule has 0 aliphatic heterocycles. The molecule has 0 radical (unpaired) electrons. The van der Waals surface area contributed by atoms with Gasteiger partial charge in [-0.2, -0.15) is 0 Å². The van der Waals surface area contributed by atoms with Crippen molar-refractivity contribution in [2.24, 2.45) is 0 Å². The molecule has 3 heteroatoms. The van der Waals surface area contributed by atoms with E-state index in [4.69, 9.17) is 11.6 Å². The number of hydrogen-bond acceptors (Lipinski definition) is 1. The summed E-state index contributed by atoms with van der Waals surface area (Å²) < 4.78 is 0. The summed E-state index contributed by atoms with van der Waals surface area (Å²) in [5.41, 5.74) is 5.00. The fraction of sp³-hybridized carbons (Fsp3) is 0.467. The third-order valence-electron chi connectivity index (χ3n) is 3.65. The molecule has 0 saturated heterocycles. The predicted molar refractivity (Wildman–Crippen MR) is 79.7 cm³/mol. The van der Waals surface area contributed by atoms with Crippen LogP contribution < -0.4 is 5.32 Å². The van der Waals surface area contributed by atoms with Crippen molar-refractivity contribution in [3.05, 3.63) is 34.0 Å². The Kier molecular flexibility index (Phi) is 3.43. The number of aromatic amines is 1. The number of hydrogen-bond donors (Lipinski definition) is 2. The van der Waals surface area contributed by atoms with Crippen molar-refractivity contribution in [1.82, 2.24) is 10.3 Å². The van der Waals surface area contributed by atoms with Crippen molar-refractivity contribution >= 4 is 22.5 Å². The van der Waals surface area contributed by atoms with Crippen LogP contribution in [0, 0.1) is 13.8 Å². The Hall–Kier alpha value is -0.990. The van der Waals surface area contributed by atoms with Gasteiger partial charge in [0.15, 0.2) is 0 Å². The molecule has 0 aliphatic rings. The lowest BCUT2D eigenvalue weighted by Crippen LogP contribution is -2.31. The smallest absolute Gasteiger partial charge is 0.0503 e. The zero-order chi connectivity index (χ0) is 13.5. The van der Waals surface area contributed by atoms with Gasteiger partial charge in [-0.3, -0.25) is 0 Å². The van der Waals surface area contributed by atoms with Crippen molar-refractivity contribution in [1.29, 1.82) is 0 Å². The lowest BCUT2D eigenvalue weighted by Gasteiger charge is -2.25. The number of nitrogens with one attached hydrogen (secondary N) is 2. The van der Waals surface area contributed by atoms with Crippen LogP contribution in [0.15, 0.2) is 12.1 Å². The SMILES string of the molecule is CNCC(C)(C)c1c(C)[nH]c2c(C)c(Cl)ccc12. The van der Waals surface area contributed by atoms with Crippen LogP contribution in [0.1, 0.15) is 30.7 Å². The summed E-state index contributed by atoms with van der Waals surface area (Å²) in [4.78, 5) is 3.49. The van der Waals surface area contributed by atoms with Crippen molar-refractivity contribution in [3.8, 4) is 0 Å². The average Bonchev–Trinajstić information content (AvgIpc) is 2.61. The number of aryl methyl sites for hydroxylation is 2. The lowest BCUT2D eigenvalue weighted by atomic mass is 9.82. The average molecular weight is 265 g/mol. The van der Waals surface area contributed by atoms with E-state index < -0.39 is 0 Å². The molecule has 0 amide bonds. The van der Waals surface area contributed by atoms with Crippen LogP contribution in [0.2, 0.25) is 5.02 Å². The molecule has 0 bridgehead atoms. The minimum Gasteiger partial charge on any atom is -0.358 e. The molecular weight excluding hydrogens is 244 g/mol. The van der Waals surface area contributed by atoms with Crippen molar-refractivity contribution in [2.45, 2.75) is 33.1 Å². The Balaban J connectivity index is 2.72. The lowest BCUT2D eigenvalue weighted by molar-refractivity contribution is 0.495. The summed E-state index contributed by atoms with van der Waals surface area (Å²) >= 11 is 6.19. The van der Waals surface area contributed by atoms with E-state index >= 15 is 0 Å². The fourth-order valence-electron chi connectivity index (χ4n) is 2.91. The van der Waals surface area contributed by atoms with E-state index in [1.54, 1.807) is 0 Å². The minimum atomic E-state index is 0.0946. The first-order chi connectivity index (χ1) is 8.38. The van der Waals surface area contributed by atoms with Gasteiger partial charge in [0.2, 0.25) is 0 Å². The van der Waals surface area contributed by atoms with Gasteiger partial charge in [-0.15, -0.1) is 0 Å². The number of rotatable bonds is 3. The van der Waals surface area contributed by atoms with Crippen LogP contribution in [0.25, 0.3) is 10.9 Å². The highest BCUT2D eigenvalue weighted by Crippen LogP contribution is 2.36. The normalized spacial score (nSPS) is 12.3.